The molecule has 2 rings (SSSR count). The SMILES string of the molecule is CC(C)NCc1ccc(Sc2cnccn2)cc1Br. The van der Waals surface area contributed by atoms with E-state index < -0.39 is 0 Å². The second-order valence-electron chi connectivity index (χ2n) is 4.43. The summed E-state index contributed by atoms with van der Waals surface area (Å²) >= 11 is 5.23. The van der Waals surface area contributed by atoms with Crippen molar-refractivity contribution in [2.24, 2.45) is 0 Å². The van der Waals surface area contributed by atoms with Gasteiger partial charge in [-0.15, -0.1) is 0 Å². The molecule has 1 aromatic carbocycles. The average molecular weight is 338 g/mol. The molecule has 3 nitrogen and oxygen atoms in total. The molecule has 0 radical (unpaired) electrons. The Morgan fingerprint density at radius 1 is 1.32 bits per heavy atom. The number of benzene rings is 1. The zero-order valence-corrected chi connectivity index (χ0v) is 13.3. The van der Waals surface area contributed by atoms with E-state index in [1.807, 2.05) is 0 Å². The number of hydrogen-bond donors (Lipinski definition) is 1. The van der Waals surface area contributed by atoms with Crippen molar-refractivity contribution in [3.05, 3.63) is 46.8 Å². The number of hydrogen-bond acceptors (Lipinski definition) is 4. The molecule has 0 unspecified atom stereocenters. The van der Waals surface area contributed by atoms with Crippen LogP contribution in [0.5, 0.6) is 0 Å². The topological polar surface area (TPSA) is 37.8 Å². The Kier molecular flexibility index (Phi) is 5.36. The Bertz CT molecular complexity index is 531. The molecule has 1 N–H and O–H groups in total. The molecule has 0 bridgehead atoms. The van der Waals surface area contributed by atoms with Gasteiger partial charge in [0.05, 0.1) is 6.20 Å². The van der Waals surface area contributed by atoms with Crippen LogP contribution in [0, 0.1) is 0 Å². The quantitative estimate of drug-likeness (QED) is 0.898. The molecule has 0 amide bonds. The van der Waals surface area contributed by atoms with Crippen LogP contribution in [-0.2, 0) is 6.54 Å². The summed E-state index contributed by atoms with van der Waals surface area (Å²) in [5.41, 5.74) is 1.26. The summed E-state index contributed by atoms with van der Waals surface area (Å²) in [6.45, 7) is 5.16. The van der Waals surface area contributed by atoms with Crippen LogP contribution in [-0.4, -0.2) is 16.0 Å². The van der Waals surface area contributed by atoms with Gasteiger partial charge in [0.1, 0.15) is 5.03 Å². The molecule has 0 aliphatic rings. The lowest BCUT2D eigenvalue weighted by Crippen LogP contribution is -2.21. The smallest absolute Gasteiger partial charge is 0.119 e. The van der Waals surface area contributed by atoms with Crippen LogP contribution in [0.4, 0.5) is 0 Å². The zero-order chi connectivity index (χ0) is 13.7. The van der Waals surface area contributed by atoms with Gasteiger partial charge in [-0.1, -0.05) is 47.6 Å². The predicted octanol–water partition coefficient (Wildman–Crippen LogP) is 3.89. The van der Waals surface area contributed by atoms with Gasteiger partial charge in [-0.2, -0.15) is 0 Å². The highest BCUT2D eigenvalue weighted by molar-refractivity contribution is 9.10. The van der Waals surface area contributed by atoms with Gasteiger partial charge in [0.25, 0.3) is 0 Å². The third-order valence-corrected chi connectivity index (χ3v) is 4.13. The lowest BCUT2D eigenvalue weighted by molar-refractivity contribution is 0.587. The van der Waals surface area contributed by atoms with Crippen molar-refractivity contribution >= 4 is 27.7 Å². The number of halogens is 1. The Morgan fingerprint density at radius 2 is 2.16 bits per heavy atom. The van der Waals surface area contributed by atoms with Crippen LogP contribution >= 0.6 is 27.7 Å². The first-order chi connectivity index (χ1) is 9.15. The van der Waals surface area contributed by atoms with Crippen LogP contribution in [0.15, 0.2) is 51.2 Å². The monoisotopic (exact) mass is 337 g/mol. The van der Waals surface area contributed by atoms with Gasteiger partial charge in [-0.3, -0.25) is 4.98 Å². The van der Waals surface area contributed by atoms with E-state index in [1.54, 1.807) is 30.4 Å². The third-order valence-electron chi connectivity index (χ3n) is 2.49. The Hall–Kier alpha value is -0.910. The summed E-state index contributed by atoms with van der Waals surface area (Å²) in [7, 11) is 0. The molecule has 1 heterocycles. The first kappa shape index (κ1) is 14.5. The number of rotatable bonds is 5. The lowest BCUT2D eigenvalue weighted by Gasteiger charge is -2.10. The van der Waals surface area contributed by atoms with Gasteiger partial charge in [-0.05, 0) is 17.7 Å². The second-order valence-corrected chi connectivity index (χ2v) is 6.38. The molecule has 0 aliphatic carbocycles. The molecule has 1 aromatic heterocycles. The molecule has 0 atom stereocenters. The average Bonchev–Trinajstić information content (AvgIpc) is 2.39. The molecule has 5 heteroatoms. The van der Waals surface area contributed by atoms with Crippen molar-refractivity contribution in [2.45, 2.75) is 36.4 Å². The van der Waals surface area contributed by atoms with E-state index >= 15 is 0 Å². The van der Waals surface area contributed by atoms with Gasteiger partial charge in [-0.25, -0.2) is 4.98 Å². The van der Waals surface area contributed by atoms with Gasteiger partial charge in [0.15, 0.2) is 0 Å². The van der Waals surface area contributed by atoms with E-state index in [4.69, 9.17) is 0 Å². The zero-order valence-electron chi connectivity index (χ0n) is 10.9. The minimum Gasteiger partial charge on any atom is -0.310 e. The molecule has 0 saturated carbocycles. The van der Waals surface area contributed by atoms with Crippen LogP contribution in [0.3, 0.4) is 0 Å². The van der Waals surface area contributed by atoms with Gasteiger partial charge in [0, 0.05) is 34.3 Å². The summed E-state index contributed by atoms with van der Waals surface area (Å²) in [4.78, 5) is 9.48. The maximum atomic E-state index is 4.26. The second kappa shape index (κ2) is 7.03. The maximum Gasteiger partial charge on any atom is 0.119 e. The van der Waals surface area contributed by atoms with Crippen LogP contribution < -0.4 is 5.32 Å². The molecule has 0 fully saturated rings. The Labute approximate surface area is 126 Å². The molecular weight excluding hydrogens is 322 g/mol. The molecule has 0 aliphatic heterocycles. The van der Waals surface area contributed by atoms with Crippen LogP contribution in [0.25, 0.3) is 0 Å². The van der Waals surface area contributed by atoms with E-state index in [0.717, 1.165) is 20.9 Å². The highest BCUT2D eigenvalue weighted by Crippen LogP contribution is 2.29. The summed E-state index contributed by atoms with van der Waals surface area (Å²) in [6.07, 6.45) is 5.16. The highest BCUT2D eigenvalue weighted by Gasteiger charge is 2.04. The Morgan fingerprint density at radius 3 is 2.79 bits per heavy atom. The summed E-state index contributed by atoms with van der Waals surface area (Å²) < 4.78 is 1.12. The minimum absolute atomic E-state index is 0.487. The van der Waals surface area contributed by atoms with E-state index in [-0.39, 0.29) is 0 Å². The fourth-order valence-electron chi connectivity index (χ4n) is 1.51. The van der Waals surface area contributed by atoms with Crippen molar-refractivity contribution in [1.29, 1.82) is 0 Å². The molecule has 2 aromatic rings. The summed E-state index contributed by atoms with van der Waals surface area (Å²) in [5, 5.41) is 4.32. The molecule has 0 saturated heterocycles. The first-order valence-corrected chi connectivity index (χ1v) is 7.72. The van der Waals surface area contributed by atoms with E-state index in [2.05, 4.69) is 63.3 Å². The van der Waals surface area contributed by atoms with E-state index in [0.29, 0.717) is 6.04 Å². The molecule has 100 valence electrons. The van der Waals surface area contributed by atoms with Crippen LogP contribution in [0.2, 0.25) is 0 Å². The van der Waals surface area contributed by atoms with Crippen LogP contribution in [0.1, 0.15) is 19.4 Å². The van der Waals surface area contributed by atoms with Gasteiger partial charge in [0.2, 0.25) is 0 Å². The highest BCUT2D eigenvalue weighted by atomic mass is 79.9. The number of nitrogens with zero attached hydrogens (tertiary/aromatic N) is 2. The van der Waals surface area contributed by atoms with Gasteiger partial charge < -0.3 is 5.32 Å². The normalized spacial score (nSPS) is 10.9. The van der Waals surface area contributed by atoms with Crippen molar-refractivity contribution in [2.75, 3.05) is 0 Å². The van der Waals surface area contributed by atoms with Crippen molar-refractivity contribution in [3.8, 4) is 0 Å². The van der Waals surface area contributed by atoms with Crippen molar-refractivity contribution in [3.63, 3.8) is 0 Å². The first-order valence-electron chi connectivity index (χ1n) is 6.11. The largest absolute Gasteiger partial charge is 0.310 e. The maximum absolute atomic E-state index is 4.26. The number of nitrogens with one attached hydrogen (secondary N) is 1. The van der Waals surface area contributed by atoms with E-state index in [1.165, 1.54) is 5.56 Å². The summed E-state index contributed by atoms with van der Waals surface area (Å²) in [5.74, 6) is 0. The van der Waals surface area contributed by atoms with E-state index in [9.17, 15) is 0 Å². The third kappa shape index (κ3) is 4.60. The standard InChI is InChI=1S/C14H16BrN3S/c1-10(2)18-8-11-3-4-12(7-13(11)15)19-14-9-16-5-6-17-14/h3-7,9-10,18H,8H2,1-2H3. The predicted molar refractivity (Wildman–Crippen MR) is 82.3 cm³/mol. The fraction of sp³-hybridized carbons (Fsp3) is 0.286. The van der Waals surface area contributed by atoms with Gasteiger partial charge >= 0.3 is 0 Å². The van der Waals surface area contributed by atoms with Crippen molar-refractivity contribution < 1.29 is 0 Å². The lowest BCUT2D eigenvalue weighted by atomic mass is 10.2. The summed E-state index contributed by atoms with van der Waals surface area (Å²) in [6, 6.07) is 6.86. The molecule has 0 spiro atoms. The Balaban J connectivity index is 2.06. The minimum atomic E-state index is 0.487. The number of aromatic nitrogens is 2. The molecular formula is C14H16BrN3S. The molecule has 19 heavy (non-hydrogen) atoms. The van der Waals surface area contributed by atoms with Crippen molar-refractivity contribution in [1.82, 2.24) is 15.3 Å². The fourth-order valence-corrected chi connectivity index (χ4v) is 2.96.